The second kappa shape index (κ2) is 8.76. The molecule has 0 atom stereocenters. The molecule has 0 aliphatic carbocycles. The van der Waals surface area contributed by atoms with Crippen LogP contribution in [-0.4, -0.2) is 36.1 Å². The number of hydrogen-bond acceptors (Lipinski definition) is 7. The Morgan fingerprint density at radius 3 is 2.58 bits per heavy atom. The number of pyridine rings is 1. The first-order valence-corrected chi connectivity index (χ1v) is 10.2. The van der Waals surface area contributed by atoms with Gasteiger partial charge in [0.25, 0.3) is 10.0 Å². The highest BCUT2D eigenvalue weighted by Crippen LogP contribution is 2.29. The van der Waals surface area contributed by atoms with Crippen molar-refractivity contribution in [2.45, 2.75) is 11.8 Å². The van der Waals surface area contributed by atoms with Gasteiger partial charge in [-0.2, -0.15) is 9.78 Å². The van der Waals surface area contributed by atoms with Gasteiger partial charge < -0.3 is 4.74 Å². The van der Waals surface area contributed by atoms with E-state index in [1.54, 1.807) is 6.92 Å². The molecular formula is C20H17FN6O3S. The quantitative estimate of drug-likeness (QED) is 0.318. The fraction of sp³-hybridized carbons (Fsp3) is 0.100. The van der Waals surface area contributed by atoms with E-state index in [1.807, 2.05) is 0 Å². The number of rotatable bonds is 5. The molecule has 3 rings (SSSR count). The van der Waals surface area contributed by atoms with Crippen LogP contribution in [0.4, 0.5) is 10.1 Å². The molecule has 0 fully saturated rings. The summed E-state index contributed by atoms with van der Waals surface area (Å²) in [6, 6.07) is 8.78. The third kappa shape index (κ3) is 4.76. The van der Waals surface area contributed by atoms with Gasteiger partial charge in [0.2, 0.25) is 11.7 Å². The van der Waals surface area contributed by atoms with Crippen molar-refractivity contribution in [1.82, 2.24) is 14.8 Å². The molecule has 0 saturated carbocycles. The summed E-state index contributed by atoms with van der Waals surface area (Å²) >= 11 is 0. The van der Waals surface area contributed by atoms with E-state index in [1.165, 1.54) is 31.5 Å². The zero-order chi connectivity index (χ0) is 22.6. The Morgan fingerprint density at radius 1 is 1.23 bits per heavy atom. The predicted octanol–water partition coefficient (Wildman–Crippen LogP) is 2.22. The van der Waals surface area contributed by atoms with Gasteiger partial charge in [-0.25, -0.2) is 17.8 Å². The fourth-order valence-electron chi connectivity index (χ4n) is 2.56. The van der Waals surface area contributed by atoms with Gasteiger partial charge in [-0.05, 0) is 55.3 Å². The monoisotopic (exact) mass is 440 g/mol. The number of benzene rings is 1. The Balaban J connectivity index is 2.04. The normalized spacial score (nSPS) is 10.7. The van der Waals surface area contributed by atoms with Crippen molar-refractivity contribution in [3.05, 3.63) is 60.0 Å². The second-order valence-electron chi connectivity index (χ2n) is 6.08. The Kier molecular flexibility index (Phi) is 6.12. The molecule has 0 aliphatic heterocycles. The van der Waals surface area contributed by atoms with E-state index in [9.17, 15) is 12.8 Å². The summed E-state index contributed by atoms with van der Waals surface area (Å²) < 4.78 is 47.1. The molecule has 158 valence electrons. The lowest BCUT2D eigenvalue weighted by atomic mass is 10.2. The summed E-state index contributed by atoms with van der Waals surface area (Å²) in [5, 5.41) is 20.1. The van der Waals surface area contributed by atoms with E-state index < -0.39 is 15.8 Å². The third-order valence-corrected chi connectivity index (χ3v) is 5.38. The first kappa shape index (κ1) is 21.7. The van der Waals surface area contributed by atoms with Gasteiger partial charge in [-0.1, -0.05) is 5.92 Å². The number of anilines is 1. The molecule has 9 nitrogen and oxygen atoms in total. The number of ether oxygens (including phenoxy) is 1. The number of sulfonamides is 1. The smallest absolute Gasteiger partial charge is 0.262 e. The van der Waals surface area contributed by atoms with Gasteiger partial charge in [0.05, 0.1) is 17.7 Å². The van der Waals surface area contributed by atoms with Crippen LogP contribution >= 0.6 is 0 Å². The van der Waals surface area contributed by atoms with Gasteiger partial charge in [-0.3, -0.25) is 15.5 Å². The molecule has 11 heteroatoms. The summed E-state index contributed by atoms with van der Waals surface area (Å²) in [4.78, 5) is 3.98. The minimum Gasteiger partial charge on any atom is -0.480 e. The van der Waals surface area contributed by atoms with E-state index in [2.05, 4.69) is 26.6 Å². The van der Waals surface area contributed by atoms with Crippen molar-refractivity contribution in [1.29, 1.82) is 10.8 Å². The van der Waals surface area contributed by atoms with E-state index in [0.29, 0.717) is 11.3 Å². The van der Waals surface area contributed by atoms with Crippen LogP contribution in [0.2, 0.25) is 0 Å². The zero-order valence-electron chi connectivity index (χ0n) is 16.5. The van der Waals surface area contributed by atoms with Crippen LogP contribution in [0.25, 0.3) is 11.3 Å². The summed E-state index contributed by atoms with van der Waals surface area (Å²) in [5.41, 5.74) is 0.728. The summed E-state index contributed by atoms with van der Waals surface area (Å²) in [6.45, 7) is 1.56. The number of nitrogens with zero attached hydrogens (tertiary/aromatic N) is 3. The first-order chi connectivity index (χ1) is 14.7. The third-order valence-electron chi connectivity index (χ3n) is 4.00. The molecule has 0 spiro atoms. The van der Waals surface area contributed by atoms with Crippen molar-refractivity contribution < 1.29 is 17.5 Å². The van der Waals surface area contributed by atoms with Crippen LogP contribution in [0.1, 0.15) is 6.92 Å². The van der Waals surface area contributed by atoms with Crippen molar-refractivity contribution in [3.8, 4) is 29.0 Å². The molecule has 0 radical (unpaired) electrons. The highest BCUT2D eigenvalue weighted by molar-refractivity contribution is 7.92. The standard InChI is InChI=1S/C20H17FN6O3S/c1-3-4-18(22)27-19(23)10-9-16(25-27)13-11-17(20(30-2)24-12-13)26-31(28,29)15-7-5-14(21)6-8-15/h5-12,22-23,26H,1-2H3. The van der Waals surface area contributed by atoms with Crippen LogP contribution < -0.4 is 14.9 Å². The minimum atomic E-state index is -4.04. The molecule has 0 saturated heterocycles. The lowest BCUT2D eigenvalue weighted by Crippen LogP contribution is -2.28. The molecule has 0 aliphatic rings. The average molecular weight is 440 g/mol. The molecule has 0 unspecified atom stereocenters. The first-order valence-electron chi connectivity index (χ1n) is 8.74. The highest BCUT2D eigenvalue weighted by Gasteiger charge is 2.18. The lowest BCUT2D eigenvalue weighted by molar-refractivity contribution is 0.400. The van der Waals surface area contributed by atoms with E-state index in [0.717, 1.165) is 28.9 Å². The van der Waals surface area contributed by atoms with Crippen LogP contribution in [0.15, 0.2) is 53.6 Å². The predicted molar refractivity (Wildman–Crippen MR) is 112 cm³/mol. The average Bonchev–Trinajstić information content (AvgIpc) is 2.74. The maximum absolute atomic E-state index is 13.1. The zero-order valence-corrected chi connectivity index (χ0v) is 17.3. The highest BCUT2D eigenvalue weighted by atomic mass is 32.2. The number of aromatic nitrogens is 3. The van der Waals surface area contributed by atoms with Crippen LogP contribution in [0.5, 0.6) is 5.88 Å². The fourth-order valence-corrected chi connectivity index (χ4v) is 3.61. The Morgan fingerprint density at radius 2 is 1.94 bits per heavy atom. The Hall–Kier alpha value is -4.04. The molecule has 0 amide bonds. The Bertz CT molecular complexity index is 1370. The number of methoxy groups -OCH3 is 1. The number of nitrogens with one attached hydrogen (secondary N) is 3. The SMILES string of the molecule is CC#CC(=N)n1nc(-c2cnc(OC)c(NS(=O)(=O)c3ccc(F)cc3)c2)ccc1=N. The topological polar surface area (TPSA) is 134 Å². The largest absolute Gasteiger partial charge is 0.480 e. The van der Waals surface area contributed by atoms with Gasteiger partial charge >= 0.3 is 0 Å². The summed E-state index contributed by atoms with van der Waals surface area (Å²) in [6.07, 6.45) is 1.42. The van der Waals surface area contributed by atoms with Crippen molar-refractivity contribution >= 4 is 21.5 Å². The van der Waals surface area contributed by atoms with Crippen LogP contribution in [0, 0.1) is 28.5 Å². The number of halogens is 1. The van der Waals surface area contributed by atoms with E-state index >= 15 is 0 Å². The van der Waals surface area contributed by atoms with Gasteiger partial charge in [0.1, 0.15) is 17.0 Å². The maximum atomic E-state index is 13.1. The minimum absolute atomic E-state index is 0.0176. The molecule has 2 heterocycles. The Labute approximate surface area is 177 Å². The lowest BCUT2D eigenvalue weighted by Gasteiger charge is -2.13. The molecule has 1 aromatic carbocycles. The molecule has 2 aromatic heterocycles. The van der Waals surface area contributed by atoms with Crippen molar-refractivity contribution in [2.75, 3.05) is 11.8 Å². The molecular weight excluding hydrogens is 423 g/mol. The van der Waals surface area contributed by atoms with Crippen molar-refractivity contribution in [3.63, 3.8) is 0 Å². The van der Waals surface area contributed by atoms with Crippen molar-refractivity contribution in [2.24, 2.45) is 0 Å². The summed E-state index contributed by atoms with van der Waals surface area (Å²) in [5.74, 6) is 4.37. The van der Waals surface area contributed by atoms with Gasteiger partial charge in [0, 0.05) is 11.8 Å². The van der Waals surface area contributed by atoms with E-state index in [-0.39, 0.29) is 27.8 Å². The van der Waals surface area contributed by atoms with Gasteiger partial charge in [-0.15, -0.1) is 0 Å². The van der Waals surface area contributed by atoms with E-state index in [4.69, 9.17) is 15.6 Å². The summed E-state index contributed by atoms with van der Waals surface area (Å²) in [7, 11) is -2.71. The molecule has 3 aromatic rings. The number of hydrogen-bond donors (Lipinski definition) is 3. The molecule has 31 heavy (non-hydrogen) atoms. The molecule has 0 bridgehead atoms. The second-order valence-corrected chi connectivity index (χ2v) is 7.76. The van der Waals surface area contributed by atoms with Gasteiger partial charge in [0.15, 0.2) is 0 Å². The maximum Gasteiger partial charge on any atom is 0.262 e. The van der Waals surface area contributed by atoms with Crippen LogP contribution in [-0.2, 0) is 10.0 Å². The molecule has 3 N–H and O–H groups in total. The van der Waals surface area contributed by atoms with Crippen LogP contribution in [0.3, 0.4) is 0 Å².